The maximum absolute atomic E-state index is 13.0. The van der Waals surface area contributed by atoms with E-state index in [1.54, 1.807) is 0 Å². The van der Waals surface area contributed by atoms with E-state index < -0.39 is 6.04 Å². The summed E-state index contributed by atoms with van der Waals surface area (Å²) in [5.74, 6) is -0.217. The van der Waals surface area contributed by atoms with Crippen LogP contribution in [0, 0.1) is 5.92 Å². The van der Waals surface area contributed by atoms with Crippen LogP contribution in [-0.2, 0) is 22.6 Å². The van der Waals surface area contributed by atoms with Crippen LogP contribution in [-0.4, -0.2) is 23.9 Å². The molecule has 0 fully saturated rings. The van der Waals surface area contributed by atoms with Crippen molar-refractivity contribution in [2.75, 3.05) is 0 Å². The molecule has 3 N–H and O–H groups in total. The highest BCUT2D eigenvalue weighted by Crippen LogP contribution is 2.18. The minimum Gasteiger partial charge on any atom is -0.348 e. The first-order valence-corrected chi connectivity index (χ1v) is 10.5. The minimum atomic E-state index is -0.558. The molecule has 5 heteroatoms. The van der Waals surface area contributed by atoms with E-state index in [4.69, 9.17) is 0 Å². The summed E-state index contributed by atoms with van der Waals surface area (Å²) in [6.07, 6.45) is 1.44. The van der Waals surface area contributed by atoms with Crippen LogP contribution in [0.5, 0.6) is 0 Å². The molecule has 0 aromatic heterocycles. The van der Waals surface area contributed by atoms with Gasteiger partial charge in [-0.3, -0.25) is 9.59 Å². The zero-order chi connectivity index (χ0) is 20.8. The van der Waals surface area contributed by atoms with Crippen molar-refractivity contribution in [3.05, 3.63) is 71.3 Å². The van der Waals surface area contributed by atoms with Crippen LogP contribution < -0.4 is 16.0 Å². The van der Waals surface area contributed by atoms with Crippen LogP contribution in [0.2, 0.25) is 0 Å². The molecule has 0 unspecified atom stereocenters. The Morgan fingerprint density at radius 2 is 1.66 bits per heavy atom. The standard InChI is InChI=1S/C24H31N3O2/c1-4-16(2)22(24(29)26-17(3)18-10-6-5-7-11-18)27-23(28)21-14-19-12-8-9-13-20(19)15-25-21/h5-13,16-17,21-22,25H,4,14-15H2,1-3H3,(H,26,29)(H,27,28)/t16-,17-,21+,22-/m0/s1. The number of benzene rings is 2. The molecule has 29 heavy (non-hydrogen) atoms. The third-order valence-corrected chi connectivity index (χ3v) is 5.85. The van der Waals surface area contributed by atoms with E-state index in [-0.39, 0.29) is 29.8 Å². The molecule has 3 rings (SSSR count). The lowest BCUT2D eigenvalue weighted by atomic mass is 9.94. The number of carbonyl (C=O) groups excluding carboxylic acids is 2. The SMILES string of the molecule is CC[C@H](C)[C@H](NC(=O)[C@H]1Cc2ccccc2CN1)C(=O)N[C@@H](C)c1ccccc1. The average Bonchev–Trinajstić information content (AvgIpc) is 2.76. The Labute approximate surface area is 173 Å². The molecule has 154 valence electrons. The van der Waals surface area contributed by atoms with Crippen LogP contribution in [0.4, 0.5) is 0 Å². The maximum atomic E-state index is 13.0. The van der Waals surface area contributed by atoms with E-state index in [1.165, 1.54) is 11.1 Å². The second-order valence-corrected chi connectivity index (χ2v) is 7.92. The van der Waals surface area contributed by atoms with Gasteiger partial charge in [-0.25, -0.2) is 0 Å². The predicted molar refractivity (Wildman–Crippen MR) is 115 cm³/mol. The molecule has 0 spiro atoms. The Balaban J connectivity index is 1.66. The van der Waals surface area contributed by atoms with E-state index in [9.17, 15) is 9.59 Å². The van der Waals surface area contributed by atoms with Crippen molar-refractivity contribution < 1.29 is 9.59 Å². The summed E-state index contributed by atoms with van der Waals surface area (Å²) in [5, 5.41) is 9.37. The summed E-state index contributed by atoms with van der Waals surface area (Å²) in [5.41, 5.74) is 3.46. The summed E-state index contributed by atoms with van der Waals surface area (Å²) in [6, 6.07) is 17.0. The maximum Gasteiger partial charge on any atom is 0.243 e. The van der Waals surface area contributed by atoms with Crippen molar-refractivity contribution >= 4 is 11.8 Å². The molecular weight excluding hydrogens is 362 g/mol. The van der Waals surface area contributed by atoms with Crippen molar-refractivity contribution in [1.29, 1.82) is 0 Å². The molecular formula is C24H31N3O2. The van der Waals surface area contributed by atoms with Crippen molar-refractivity contribution in [3.8, 4) is 0 Å². The molecule has 2 amide bonds. The van der Waals surface area contributed by atoms with Crippen molar-refractivity contribution in [2.24, 2.45) is 5.92 Å². The molecule has 1 aliphatic heterocycles. The minimum absolute atomic E-state index is 0.0396. The van der Waals surface area contributed by atoms with Crippen LogP contribution >= 0.6 is 0 Å². The summed E-state index contributed by atoms with van der Waals surface area (Å²) >= 11 is 0. The molecule has 1 heterocycles. The van der Waals surface area contributed by atoms with Crippen LogP contribution in [0.3, 0.4) is 0 Å². The van der Waals surface area contributed by atoms with Gasteiger partial charge in [-0.1, -0.05) is 74.9 Å². The van der Waals surface area contributed by atoms with Crippen LogP contribution in [0.25, 0.3) is 0 Å². The van der Waals surface area contributed by atoms with E-state index in [0.29, 0.717) is 13.0 Å². The average molecular weight is 394 g/mol. The Hall–Kier alpha value is -2.66. The van der Waals surface area contributed by atoms with E-state index >= 15 is 0 Å². The number of hydrogen-bond donors (Lipinski definition) is 3. The van der Waals surface area contributed by atoms with Gasteiger partial charge < -0.3 is 16.0 Å². The molecule has 4 atom stereocenters. The fourth-order valence-corrected chi connectivity index (χ4v) is 3.72. The van der Waals surface area contributed by atoms with Gasteiger partial charge in [0.2, 0.25) is 11.8 Å². The highest BCUT2D eigenvalue weighted by molar-refractivity contribution is 5.90. The number of hydrogen-bond acceptors (Lipinski definition) is 3. The van der Waals surface area contributed by atoms with Gasteiger partial charge in [-0.15, -0.1) is 0 Å². The molecule has 0 radical (unpaired) electrons. The zero-order valence-electron chi connectivity index (χ0n) is 17.4. The number of fused-ring (bicyclic) bond motifs is 1. The lowest BCUT2D eigenvalue weighted by Crippen LogP contribution is -2.56. The Morgan fingerprint density at radius 3 is 2.34 bits per heavy atom. The van der Waals surface area contributed by atoms with Crippen LogP contribution in [0.1, 0.15) is 49.9 Å². The number of rotatable bonds is 7. The molecule has 0 saturated heterocycles. The summed E-state index contributed by atoms with van der Waals surface area (Å²) in [4.78, 5) is 25.9. The van der Waals surface area contributed by atoms with Crippen LogP contribution in [0.15, 0.2) is 54.6 Å². The molecule has 1 aliphatic rings. The van der Waals surface area contributed by atoms with Gasteiger partial charge in [-0.05, 0) is 36.0 Å². The molecule has 2 aromatic rings. The fourth-order valence-electron chi connectivity index (χ4n) is 3.72. The van der Waals surface area contributed by atoms with Crippen molar-refractivity contribution in [1.82, 2.24) is 16.0 Å². The first-order valence-electron chi connectivity index (χ1n) is 10.5. The second kappa shape index (κ2) is 9.70. The summed E-state index contributed by atoms with van der Waals surface area (Å²) in [7, 11) is 0. The molecule has 0 saturated carbocycles. The van der Waals surface area contributed by atoms with Gasteiger partial charge in [0.25, 0.3) is 0 Å². The molecule has 0 aliphatic carbocycles. The quantitative estimate of drug-likeness (QED) is 0.677. The van der Waals surface area contributed by atoms with Gasteiger partial charge in [0, 0.05) is 6.54 Å². The summed E-state index contributed by atoms with van der Waals surface area (Å²) in [6.45, 7) is 6.66. The monoisotopic (exact) mass is 393 g/mol. The number of nitrogens with one attached hydrogen (secondary N) is 3. The van der Waals surface area contributed by atoms with Gasteiger partial charge in [-0.2, -0.15) is 0 Å². The van der Waals surface area contributed by atoms with Gasteiger partial charge in [0.1, 0.15) is 6.04 Å². The third kappa shape index (κ3) is 5.24. The van der Waals surface area contributed by atoms with Crippen molar-refractivity contribution in [3.63, 3.8) is 0 Å². The lowest BCUT2D eigenvalue weighted by molar-refractivity contribution is -0.131. The Bertz CT molecular complexity index is 837. The Morgan fingerprint density at radius 1 is 1.00 bits per heavy atom. The molecule has 2 aromatic carbocycles. The van der Waals surface area contributed by atoms with Crippen molar-refractivity contribution in [2.45, 2.75) is 58.3 Å². The molecule has 0 bridgehead atoms. The third-order valence-electron chi connectivity index (χ3n) is 5.85. The first-order chi connectivity index (χ1) is 14.0. The highest BCUT2D eigenvalue weighted by Gasteiger charge is 2.31. The smallest absolute Gasteiger partial charge is 0.243 e. The Kier molecular flexibility index (Phi) is 7.04. The van der Waals surface area contributed by atoms with Gasteiger partial charge in [0.05, 0.1) is 12.1 Å². The molecule has 5 nitrogen and oxygen atoms in total. The van der Waals surface area contributed by atoms with E-state index in [2.05, 4.69) is 28.1 Å². The van der Waals surface area contributed by atoms with Gasteiger partial charge in [0.15, 0.2) is 0 Å². The zero-order valence-corrected chi connectivity index (χ0v) is 17.4. The number of carbonyl (C=O) groups is 2. The normalized spacial score (nSPS) is 18.8. The topological polar surface area (TPSA) is 70.2 Å². The summed E-state index contributed by atoms with van der Waals surface area (Å²) < 4.78 is 0. The lowest BCUT2D eigenvalue weighted by Gasteiger charge is -2.30. The first kappa shape index (κ1) is 21.1. The highest BCUT2D eigenvalue weighted by atomic mass is 16.2. The largest absolute Gasteiger partial charge is 0.348 e. The fraction of sp³-hybridized carbons (Fsp3) is 0.417. The second-order valence-electron chi connectivity index (χ2n) is 7.92. The van der Waals surface area contributed by atoms with E-state index in [0.717, 1.165) is 12.0 Å². The van der Waals surface area contributed by atoms with E-state index in [1.807, 2.05) is 63.2 Å². The van der Waals surface area contributed by atoms with Gasteiger partial charge >= 0.3 is 0 Å². The number of amides is 2. The predicted octanol–water partition coefficient (Wildman–Crippen LogP) is 3.11.